The second kappa shape index (κ2) is 9.97. The highest BCUT2D eigenvalue weighted by molar-refractivity contribution is 5.67. The highest BCUT2D eigenvalue weighted by Crippen LogP contribution is 2.26. The smallest absolute Gasteiger partial charge is 0.214 e. The monoisotopic (exact) mass is 350 g/mol. The van der Waals surface area contributed by atoms with Gasteiger partial charge in [0.25, 0.3) is 0 Å². The van der Waals surface area contributed by atoms with E-state index in [-0.39, 0.29) is 0 Å². The summed E-state index contributed by atoms with van der Waals surface area (Å²) in [6.45, 7) is 8.67. The molecule has 0 aliphatic carbocycles. The fraction of sp³-hybridized carbons (Fsp3) is 0.478. The van der Waals surface area contributed by atoms with Crippen molar-refractivity contribution in [2.45, 2.75) is 59.4 Å². The summed E-state index contributed by atoms with van der Waals surface area (Å²) in [6.07, 6.45) is 7.97. The van der Waals surface area contributed by atoms with Crippen molar-refractivity contribution in [2.75, 3.05) is 18.5 Å². The zero-order valence-electron chi connectivity index (χ0n) is 16.8. The zero-order chi connectivity index (χ0) is 18.9. The van der Waals surface area contributed by atoms with E-state index in [1.54, 1.807) is 0 Å². The van der Waals surface area contributed by atoms with Crippen LogP contribution in [-0.2, 0) is 13.0 Å². The number of anilines is 1. The molecule has 1 heterocycles. The topological polar surface area (TPSA) is 30.9 Å². The number of aromatic nitrogens is 1. The Morgan fingerprint density at radius 3 is 2.50 bits per heavy atom. The molecule has 2 aromatic rings. The third-order valence-electron chi connectivity index (χ3n) is 4.92. The molecule has 0 N–H and O–H groups in total. The number of unbranched alkanes of at least 4 members (excludes halogenated alkanes) is 2. The molecule has 0 bridgehead atoms. The molecule has 0 aliphatic heterocycles. The average Bonchev–Trinajstić information content (AvgIpc) is 2.68. The van der Waals surface area contributed by atoms with E-state index in [0.29, 0.717) is 0 Å². The van der Waals surface area contributed by atoms with Gasteiger partial charge in [-0.15, -0.1) is 0 Å². The summed E-state index contributed by atoms with van der Waals surface area (Å²) in [4.78, 5) is 2.34. The average molecular weight is 351 g/mol. The SMILES string of the molecule is CCCCCN(C)c1cc[n+](CCC)c(-c2cc(C#N)ccc2CC)c1. The van der Waals surface area contributed by atoms with Crippen molar-refractivity contribution in [3.05, 3.63) is 47.7 Å². The van der Waals surface area contributed by atoms with Crippen LogP contribution in [0.15, 0.2) is 36.5 Å². The molecule has 0 atom stereocenters. The van der Waals surface area contributed by atoms with Gasteiger partial charge in [-0.2, -0.15) is 9.83 Å². The van der Waals surface area contributed by atoms with Crippen LogP contribution < -0.4 is 9.47 Å². The number of nitriles is 1. The van der Waals surface area contributed by atoms with E-state index in [1.807, 2.05) is 12.1 Å². The molecule has 0 unspecified atom stereocenters. The van der Waals surface area contributed by atoms with Gasteiger partial charge in [0.15, 0.2) is 6.20 Å². The Balaban J connectivity index is 2.48. The first-order valence-corrected chi connectivity index (χ1v) is 9.92. The van der Waals surface area contributed by atoms with Crippen molar-refractivity contribution in [2.24, 2.45) is 0 Å². The minimum atomic E-state index is 0.724. The summed E-state index contributed by atoms with van der Waals surface area (Å²) >= 11 is 0. The first kappa shape index (κ1) is 20.0. The molecule has 1 aromatic heterocycles. The van der Waals surface area contributed by atoms with Crippen LogP contribution in [0.1, 0.15) is 57.6 Å². The van der Waals surface area contributed by atoms with Gasteiger partial charge in [-0.3, -0.25) is 0 Å². The summed E-state index contributed by atoms with van der Waals surface area (Å²) in [6, 6.07) is 12.9. The molecular weight excluding hydrogens is 318 g/mol. The molecule has 0 amide bonds. The largest absolute Gasteiger partial charge is 0.374 e. The predicted octanol–water partition coefficient (Wildman–Crippen LogP) is 5.11. The van der Waals surface area contributed by atoms with E-state index in [1.165, 1.54) is 41.8 Å². The highest BCUT2D eigenvalue weighted by Gasteiger charge is 2.18. The van der Waals surface area contributed by atoms with E-state index in [0.717, 1.165) is 31.5 Å². The van der Waals surface area contributed by atoms with E-state index >= 15 is 0 Å². The molecule has 3 heteroatoms. The summed E-state index contributed by atoms with van der Waals surface area (Å²) in [5.41, 5.74) is 5.65. The lowest BCUT2D eigenvalue weighted by molar-refractivity contribution is -0.686. The maximum Gasteiger partial charge on any atom is 0.214 e. The quantitative estimate of drug-likeness (QED) is 0.465. The normalized spacial score (nSPS) is 10.6. The Kier molecular flexibility index (Phi) is 7.66. The molecule has 0 aliphatic rings. The van der Waals surface area contributed by atoms with Crippen LogP contribution in [0, 0.1) is 11.3 Å². The number of hydrogen-bond acceptors (Lipinski definition) is 2. The fourth-order valence-electron chi connectivity index (χ4n) is 3.34. The number of pyridine rings is 1. The second-order valence-electron chi connectivity index (χ2n) is 6.93. The fourth-order valence-corrected chi connectivity index (χ4v) is 3.34. The molecule has 2 rings (SSSR count). The molecule has 0 radical (unpaired) electrons. The van der Waals surface area contributed by atoms with Crippen molar-refractivity contribution in [3.8, 4) is 17.3 Å². The van der Waals surface area contributed by atoms with Crippen molar-refractivity contribution in [1.29, 1.82) is 5.26 Å². The van der Waals surface area contributed by atoms with Gasteiger partial charge in [-0.25, -0.2) is 0 Å². The number of aryl methyl sites for hydroxylation is 2. The van der Waals surface area contributed by atoms with Crippen LogP contribution >= 0.6 is 0 Å². The molecule has 0 fully saturated rings. The molecular formula is C23H32N3+. The Morgan fingerprint density at radius 1 is 1.04 bits per heavy atom. The van der Waals surface area contributed by atoms with E-state index in [9.17, 15) is 5.26 Å². The minimum Gasteiger partial charge on any atom is -0.374 e. The standard InChI is InChI=1S/C23H32N3/c1-5-8-9-14-25(4)21-12-15-26(13-6-2)23(17-21)22-16-19(18-24)10-11-20(22)7-3/h10-12,15-17H,5-9,13-14H2,1-4H3/q+1. The van der Waals surface area contributed by atoms with E-state index < -0.39 is 0 Å². The van der Waals surface area contributed by atoms with Gasteiger partial charge in [0.1, 0.15) is 6.54 Å². The van der Waals surface area contributed by atoms with Crippen LogP contribution in [0.4, 0.5) is 5.69 Å². The summed E-state index contributed by atoms with van der Waals surface area (Å²) in [5.74, 6) is 0. The first-order chi connectivity index (χ1) is 12.6. The van der Waals surface area contributed by atoms with Crippen LogP contribution in [0.3, 0.4) is 0 Å². The van der Waals surface area contributed by atoms with E-state index in [2.05, 4.69) is 67.8 Å². The van der Waals surface area contributed by atoms with Gasteiger partial charge < -0.3 is 4.90 Å². The number of hydrogen-bond donors (Lipinski definition) is 0. The van der Waals surface area contributed by atoms with Crippen molar-refractivity contribution < 1.29 is 4.57 Å². The minimum absolute atomic E-state index is 0.724. The number of rotatable bonds is 9. The second-order valence-corrected chi connectivity index (χ2v) is 6.93. The van der Waals surface area contributed by atoms with Gasteiger partial charge >= 0.3 is 0 Å². The van der Waals surface area contributed by atoms with Gasteiger partial charge in [0.2, 0.25) is 5.69 Å². The molecule has 26 heavy (non-hydrogen) atoms. The van der Waals surface area contributed by atoms with Crippen molar-refractivity contribution in [3.63, 3.8) is 0 Å². The van der Waals surface area contributed by atoms with Crippen LogP contribution in [0.25, 0.3) is 11.3 Å². The van der Waals surface area contributed by atoms with E-state index in [4.69, 9.17) is 0 Å². The zero-order valence-corrected chi connectivity index (χ0v) is 16.8. The lowest BCUT2D eigenvalue weighted by Gasteiger charge is -2.20. The molecule has 138 valence electrons. The maximum atomic E-state index is 9.34. The lowest BCUT2D eigenvalue weighted by Crippen LogP contribution is -2.36. The highest BCUT2D eigenvalue weighted by atomic mass is 15.1. The molecule has 0 spiro atoms. The lowest BCUT2D eigenvalue weighted by atomic mass is 9.98. The first-order valence-electron chi connectivity index (χ1n) is 9.92. The summed E-state index contributed by atoms with van der Waals surface area (Å²) in [7, 11) is 2.17. The van der Waals surface area contributed by atoms with Crippen LogP contribution in [0.5, 0.6) is 0 Å². The van der Waals surface area contributed by atoms with Gasteiger partial charge in [0.05, 0.1) is 17.2 Å². The van der Waals surface area contributed by atoms with Gasteiger partial charge in [-0.05, 0) is 30.5 Å². The third-order valence-corrected chi connectivity index (χ3v) is 4.92. The Morgan fingerprint density at radius 2 is 1.85 bits per heavy atom. The molecule has 1 aromatic carbocycles. The van der Waals surface area contributed by atoms with Gasteiger partial charge in [0, 0.05) is 37.8 Å². The van der Waals surface area contributed by atoms with Crippen molar-refractivity contribution in [1.82, 2.24) is 0 Å². The third kappa shape index (κ3) is 4.85. The molecule has 3 nitrogen and oxygen atoms in total. The Bertz CT molecular complexity index is 759. The van der Waals surface area contributed by atoms with Gasteiger partial charge in [-0.1, -0.05) is 39.7 Å². The van der Waals surface area contributed by atoms with Crippen LogP contribution in [-0.4, -0.2) is 13.6 Å². The molecule has 0 saturated heterocycles. The molecule has 0 saturated carbocycles. The van der Waals surface area contributed by atoms with Crippen molar-refractivity contribution >= 4 is 5.69 Å². The Labute approximate surface area is 158 Å². The number of nitrogens with zero attached hydrogens (tertiary/aromatic N) is 3. The summed E-state index contributed by atoms with van der Waals surface area (Å²) in [5, 5.41) is 9.34. The number of benzene rings is 1. The summed E-state index contributed by atoms with van der Waals surface area (Å²) < 4.78 is 2.32. The maximum absolute atomic E-state index is 9.34. The Hall–Kier alpha value is -2.34. The van der Waals surface area contributed by atoms with Crippen LogP contribution in [0.2, 0.25) is 0 Å². The predicted molar refractivity (Wildman–Crippen MR) is 109 cm³/mol.